The molecule has 3 aromatic heterocycles. The zero-order valence-electron chi connectivity index (χ0n) is 17.6. The van der Waals surface area contributed by atoms with Crippen molar-refractivity contribution in [3.05, 3.63) is 76.1 Å². The first kappa shape index (κ1) is 23.1. The molecule has 0 bridgehead atoms. The Labute approximate surface area is 203 Å². The van der Waals surface area contributed by atoms with Gasteiger partial charge in [0.1, 0.15) is 5.82 Å². The van der Waals surface area contributed by atoms with Crippen LogP contribution < -0.4 is 10.6 Å². The third-order valence-electron chi connectivity index (χ3n) is 4.99. The van der Waals surface area contributed by atoms with Gasteiger partial charge in [-0.25, -0.2) is 4.99 Å². The third-order valence-corrected chi connectivity index (χ3v) is 5.92. The molecule has 4 rings (SSSR count). The van der Waals surface area contributed by atoms with Crippen molar-refractivity contribution in [3.8, 4) is 0 Å². The predicted octanol–water partition coefficient (Wildman–Crippen LogP) is 3.83. The molecule has 162 valence electrons. The Morgan fingerprint density at radius 3 is 2.74 bits per heavy atom. The number of guanidine groups is 1. The predicted molar refractivity (Wildman–Crippen MR) is 137 cm³/mol. The van der Waals surface area contributed by atoms with Crippen LogP contribution in [0, 0.1) is 6.92 Å². The standard InChI is InChI=1S/C22H25N7S.HI/c1-16-27-28-21(29(16)2)15-26-22(24-12-10-18-6-5-13-30-18)25-14-17-9-11-23-20-8-4-3-7-19(17)20;/h3-9,11,13H,10,12,14-15H2,1-2H3,(H2,24,25,26);1H. The average Bonchev–Trinajstić information content (AvgIpc) is 3.40. The summed E-state index contributed by atoms with van der Waals surface area (Å²) in [4.78, 5) is 10.6. The van der Waals surface area contributed by atoms with Crippen molar-refractivity contribution in [2.45, 2.75) is 26.4 Å². The van der Waals surface area contributed by atoms with Gasteiger partial charge >= 0.3 is 0 Å². The molecular formula is C22H26IN7S. The summed E-state index contributed by atoms with van der Waals surface area (Å²) < 4.78 is 1.98. The Bertz CT molecular complexity index is 1130. The lowest BCUT2D eigenvalue weighted by molar-refractivity contribution is 0.713. The lowest BCUT2D eigenvalue weighted by Crippen LogP contribution is -2.38. The maximum absolute atomic E-state index is 4.83. The first-order chi connectivity index (χ1) is 14.7. The first-order valence-corrected chi connectivity index (χ1v) is 10.8. The van der Waals surface area contributed by atoms with Crippen LogP contribution in [0.3, 0.4) is 0 Å². The second-order valence-corrected chi connectivity index (χ2v) is 8.02. The molecular weight excluding hydrogens is 521 g/mol. The van der Waals surface area contributed by atoms with Gasteiger partial charge in [0.05, 0.1) is 18.6 Å². The van der Waals surface area contributed by atoms with E-state index in [9.17, 15) is 0 Å². The van der Waals surface area contributed by atoms with Gasteiger partial charge in [-0.15, -0.1) is 45.5 Å². The van der Waals surface area contributed by atoms with Gasteiger partial charge in [-0.2, -0.15) is 0 Å². The molecule has 2 N–H and O–H groups in total. The van der Waals surface area contributed by atoms with E-state index in [1.807, 2.05) is 49.0 Å². The molecule has 1 aromatic carbocycles. The van der Waals surface area contributed by atoms with Gasteiger partial charge in [0, 0.05) is 30.1 Å². The number of nitrogens with one attached hydrogen (secondary N) is 2. The number of thiophene rings is 1. The van der Waals surface area contributed by atoms with Gasteiger partial charge in [-0.3, -0.25) is 4.98 Å². The molecule has 0 fully saturated rings. The van der Waals surface area contributed by atoms with E-state index in [-0.39, 0.29) is 24.0 Å². The smallest absolute Gasteiger partial charge is 0.191 e. The van der Waals surface area contributed by atoms with E-state index in [0.717, 1.165) is 47.0 Å². The number of aryl methyl sites for hydroxylation is 1. The Morgan fingerprint density at radius 1 is 1.10 bits per heavy atom. The third kappa shape index (κ3) is 6.01. The Hall–Kier alpha value is -2.53. The Morgan fingerprint density at radius 2 is 1.97 bits per heavy atom. The SMILES string of the molecule is Cc1nnc(CNC(=NCc2ccnc3ccccc23)NCCc2cccs2)n1C.I. The molecule has 0 atom stereocenters. The molecule has 0 aliphatic heterocycles. The number of benzene rings is 1. The molecule has 7 nitrogen and oxygen atoms in total. The molecule has 0 unspecified atom stereocenters. The van der Waals surface area contributed by atoms with Gasteiger partial charge in [-0.05, 0) is 42.5 Å². The van der Waals surface area contributed by atoms with Crippen molar-refractivity contribution in [1.82, 2.24) is 30.4 Å². The quantitative estimate of drug-likeness (QED) is 0.209. The van der Waals surface area contributed by atoms with Crippen LogP contribution >= 0.6 is 35.3 Å². The normalized spacial score (nSPS) is 11.4. The van der Waals surface area contributed by atoms with E-state index in [4.69, 9.17) is 4.99 Å². The summed E-state index contributed by atoms with van der Waals surface area (Å²) in [5.74, 6) is 2.52. The summed E-state index contributed by atoms with van der Waals surface area (Å²) in [6.45, 7) is 3.87. The van der Waals surface area contributed by atoms with Gasteiger partial charge in [0.15, 0.2) is 11.8 Å². The number of hydrogen-bond acceptors (Lipinski definition) is 5. The maximum atomic E-state index is 4.83. The topological polar surface area (TPSA) is 80.0 Å². The molecule has 0 spiro atoms. The van der Waals surface area contributed by atoms with Crippen molar-refractivity contribution in [2.24, 2.45) is 12.0 Å². The molecule has 9 heteroatoms. The monoisotopic (exact) mass is 547 g/mol. The number of halogens is 1. The summed E-state index contributed by atoms with van der Waals surface area (Å²) in [6, 6.07) is 14.4. The minimum atomic E-state index is 0. The van der Waals surface area contributed by atoms with E-state index in [1.54, 1.807) is 11.3 Å². The van der Waals surface area contributed by atoms with Crippen LogP contribution in [0.4, 0.5) is 0 Å². The van der Waals surface area contributed by atoms with E-state index < -0.39 is 0 Å². The highest BCUT2D eigenvalue weighted by Gasteiger charge is 2.07. The Balaban J connectivity index is 0.00000272. The summed E-state index contributed by atoms with van der Waals surface area (Å²) >= 11 is 1.77. The number of hydrogen-bond donors (Lipinski definition) is 2. The molecule has 31 heavy (non-hydrogen) atoms. The van der Waals surface area contributed by atoms with Crippen molar-refractivity contribution >= 4 is 52.2 Å². The minimum Gasteiger partial charge on any atom is -0.356 e. The highest BCUT2D eigenvalue weighted by molar-refractivity contribution is 14.0. The van der Waals surface area contributed by atoms with Crippen LogP contribution in [0.1, 0.15) is 22.1 Å². The fourth-order valence-electron chi connectivity index (χ4n) is 3.16. The summed E-state index contributed by atoms with van der Waals surface area (Å²) in [6.07, 6.45) is 2.80. The van der Waals surface area contributed by atoms with Crippen molar-refractivity contribution in [2.75, 3.05) is 6.54 Å². The molecule has 0 radical (unpaired) electrons. The minimum absolute atomic E-state index is 0. The van der Waals surface area contributed by atoms with Crippen molar-refractivity contribution < 1.29 is 0 Å². The van der Waals surface area contributed by atoms with Crippen LogP contribution in [0.2, 0.25) is 0 Å². The van der Waals surface area contributed by atoms with Gasteiger partial charge in [-0.1, -0.05) is 24.3 Å². The van der Waals surface area contributed by atoms with Crippen LogP contribution in [-0.4, -0.2) is 32.3 Å². The zero-order chi connectivity index (χ0) is 20.8. The summed E-state index contributed by atoms with van der Waals surface area (Å²) in [5, 5.41) is 18.4. The molecule has 0 saturated heterocycles. The fraction of sp³-hybridized carbons (Fsp3) is 0.273. The number of fused-ring (bicyclic) bond motifs is 1. The molecule has 3 heterocycles. The lowest BCUT2D eigenvalue weighted by Gasteiger charge is -2.13. The summed E-state index contributed by atoms with van der Waals surface area (Å²) in [7, 11) is 1.97. The average molecular weight is 547 g/mol. The van der Waals surface area contributed by atoms with Crippen molar-refractivity contribution in [1.29, 1.82) is 0 Å². The number of nitrogens with zero attached hydrogens (tertiary/aromatic N) is 5. The molecule has 4 aromatic rings. The van der Waals surface area contributed by atoms with Crippen molar-refractivity contribution in [3.63, 3.8) is 0 Å². The van der Waals surface area contributed by atoms with E-state index in [0.29, 0.717) is 13.1 Å². The fourth-order valence-corrected chi connectivity index (χ4v) is 3.87. The molecule has 0 amide bonds. The molecule has 0 aliphatic rings. The number of para-hydroxylation sites is 1. The number of aliphatic imine (C=N–C) groups is 1. The lowest BCUT2D eigenvalue weighted by atomic mass is 10.1. The first-order valence-electron chi connectivity index (χ1n) is 9.93. The molecule has 0 aliphatic carbocycles. The number of pyridine rings is 1. The largest absolute Gasteiger partial charge is 0.356 e. The zero-order valence-corrected chi connectivity index (χ0v) is 20.7. The number of aromatic nitrogens is 4. The van der Waals surface area contributed by atoms with Crippen LogP contribution in [-0.2, 0) is 26.6 Å². The summed E-state index contributed by atoms with van der Waals surface area (Å²) in [5.41, 5.74) is 2.13. The Kier molecular flexibility index (Phi) is 8.35. The van der Waals surface area contributed by atoms with Gasteiger partial charge in [0.25, 0.3) is 0 Å². The highest BCUT2D eigenvalue weighted by atomic mass is 127. The van der Waals surface area contributed by atoms with Gasteiger partial charge in [0.2, 0.25) is 0 Å². The maximum Gasteiger partial charge on any atom is 0.191 e. The number of rotatable bonds is 7. The second-order valence-electron chi connectivity index (χ2n) is 6.98. The molecule has 0 saturated carbocycles. The van der Waals surface area contributed by atoms with Gasteiger partial charge < -0.3 is 15.2 Å². The van der Waals surface area contributed by atoms with E-state index in [2.05, 4.69) is 49.4 Å². The highest BCUT2D eigenvalue weighted by Crippen LogP contribution is 2.16. The van der Waals surface area contributed by atoms with Crippen LogP contribution in [0.25, 0.3) is 10.9 Å². The van der Waals surface area contributed by atoms with Crippen LogP contribution in [0.15, 0.2) is 59.0 Å². The van der Waals surface area contributed by atoms with E-state index in [1.165, 1.54) is 4.88 Å². The second kappa shape index (κ2) is 11.2. The van der Waals surface area contributed by atoms with E-state index >= 15 is 0 Å². The van der Waals surface area contributed by atoms with Crippen LogP contribution in [0.5, 0.6) is 0 Å².